The van der Waals surface area contributed by atoms with Crippen molar-refractivity contribution >= 4 is 17.1 Å². The fraction of sp³-hybridized carbons (Fsp3) is 0. The summed E-state index contributed by atoms with van der Waals surface area (Å²) in [5, 5.41) is 29.1. The van der Waals surface area contributed by atoms with Crippen LogP contribution in [0, 0.1) is 20.2 Å². The van der Waals surface area contributed by atoms with E-state index in [1.807, 2.05) is 0 Å². The maximum Gasteiger partial charge on any atom is 0.295 e. The van der Waals surface area contributed by atoms with Crippen LogP contribution in [0.4, 0.5) is 17.1 Å². The van der Waals surface area contributed by atoms with Crippen LogP contribution in [0.15, 0.2) is 48.5 Å². The first-order valence-electron chi connectivity index (χ1n) is 5.34. The van der Waals surface area contributed by atoms with Crippen LogP contribution >= 0.6 is 0 Å². The Morgan fingerprint density at radius 3 is 1.90 bits per heavy atom. The van der Waals surface area contributed by atoms with E-state index in [1.54, 1.807) is 18.2 Å². The summed E-state index contributed by atoms with van der Waals surface area (Å²) in [4.78, 5) is 19.1. The highest BCUT2D eigenvalue weighted by atomic mass is 16.6. The molecule has 0 fully saturated rings. The summed E-state index contributed by atoms with van der Waals surface area (Å²) in [6.07, 6.45) is 0. The van der Waals surface area contributed by atoms with Gasteiger partial charge in [-0.1, -0.05) is 24.3 Å². The predicted molar refractivity (Wildman–Crippen MR) is 72.3 cm³/mol. The second kappa shape index (κ2) is 6.69. The monoisotopic (exact) mass is 277 g/mol. The Kier molecular flexibility index (Phi) is 4.98. The number of phenols is 1. The SMILES string of the molecule is Nc1c(O)cccc1[N+](=O)[O-].O=[N+]([O-])c1ccccc1. The molecule has 0 saturated carbocycles. The van der Waals surface area contributed by atoms with E-state index in [0.29, 0.717) is 0 Å². The molecule has 0 saturated heterocycles. The highest BCUT2D eigenvalue weighted by Crippen LogP contribution is 2.29. The van der Waals surface area contributed by atoms with Crippen molar-refractivity contribution in [2.75, 3.05) is 5.73 Å². The molecule has 8 heteroatoms. The van der Waals surface area contributed by atoms with E-state index in [0.717, 1.165) is 0 Å². The van der Waals surface area contributed by atoms with Gasteiger partial charge in [0.15, 0.2) is 5.69 Å². The number of hydrogen-bond acceptors (Lipinski definition) is 6. The lowest BCUT2D eigenvalue weighted by Crippen LogP contribution is -1.94. The normalized spacial score (nSPS) is 9.20. The smallest absolute Gasteiger partial charge is 0.295 e. The molecule has 2 aromatic rings. The second-order valence-electron chi connectivity index (χ2n) is 3.56. The molecule has 0 aromatic heterocycles. The highest BCUT2D eigenvalue weighted by Gasteiger charge is 2.12. The van der Waals surface area contributed by atoms with E-state index in [1.165, 1.54) is 30.3 Å². The maximum absolute atomic E-state index is 10.2. The Morgan fingerprint density at radius 1 is 0.900 bits per heavy atom. The molecule has 0 aliphatic rings. The number of phenolic OH excluding ortho intramolecular Hbond substituents is 1. The molecule has 3 N–H and O–H groups in total. The average Bonchev–Trinajstić information content (AvgIpc) is 2.43. The average molecular weight is 277 g/mol. The molecule has 104 valence electrons. The van der Waals surface area contributed by atoms with Gasteiger partial charge in [-0.15, -0.1) is 0 Å². The van der Waals surface area contributed by atoms with Crippen LogP contribution in [0.1, 0.15) is 0 Å². The van der Waals surface area contributed by atoms with E-state index < -0.39 is 9.85 Å². The number of nitrogens with zero attached hydrogens (tertiary/aromatic N) is 2. The van der Waals surface area contributed by atoms with Crippen molar-refractivity contribution in [3.05, 3.63) is 68.8 Å². The lowest BCUT2D eigenvalue weighted by molar-refractivity contribution is -0.384. The van der Waals surface area contributed by atoms with Crippen LogP contribution in [0.5, 0.6) is 5.75 Å². The molecule has 0 amide bonds. The molecule has 2 rings (SSSR count). The van der Waals surface area contributed by atoms with Gasteiger partial charge in [-0.25, -0.2) is 0 Å². The standard InChI is InChI=1S/C6H6N2O3.C6H5NO2/c7-6-4(8(10)11)2-1-3-5(6)9;8-7(9)6-4-2-1-3-5-6/h1-3,9H,7H2;1-5H. The van der Waals surface area contributed by atoms with Crippen LogP contribution in [-0.2, 0) is 0 Å². The van der Waals surface area contributed by atoms with Crippen molar-refractivity contribution < 1.29 is 15.0 Å². The van der Waals surface area contributed by atoms with Crippen molar-refractivity contribution in [3.8, 4) is 5.75 Å². The molecule has 0 aliphatic heterocycles. The van der Waals surface area contributed by atoms with E-state index in [4.69, 9.17) is 10.8 Å². The molecule has 0 heterocycles. The van der Waals surface area contributed by atoms with Crippen molar-refractivity contribution in [1.29, 1.82) is 0 Å². The van der Waals surface area contributed by atoms with Crippen molar-refractivity contribution in [2.45, 2.75) is 0 Å². The van der Waals surface area contributed by atoms with Crippen LogP contribution in [0.3, 0.4) is 0 Å². The van der Waals surface area contributed by atoms with Gasteiger partial charge in [0.2, 0.25) is 0 Å². The summed E-state index contributed by atoms with van der Waals surface area (Å²) in [6, 6.07) is 11.8. The summed E-state index contributed by atoms with van der Waals surface area (Å²) < 4.78 is 0. The first-order valence-corrected chi connectivity index (χ1v) is 5.34. The van der Waals surface area contributed by atoms with Gasteiger partial charge >= 0.3 is 0 Å². The number of non-ortho nitro benzene ring substituents is 1. The summed E-state index contributed by atoms with van der Waals surface area (Å²) >= 11 is 0. The Balaban J connectivity index is 0.000000204. The summed E-state index contributed by atoms with van der Waals surface area (Å²) in [7, 11) is 0. The van der Waals surface area contributed by atoms with Crippen LogP contribution in [-0.4, -0.2) is 15.0 Å². The number of nitro benzene ring substituents is 2. The fourth-order valence-electron chi connectivity index (χ4n) is 1.25. The highest BCUT2D eigenvalue weighted by molar-refractivity contribution is 5.65. The maximum atomic E-state index is 10.2. The van der Waals surface area contributed by atoms with Crippen molar-refractivity contribution in [2.24, 2.45) is 0 Å². The zero-order chi connectivity index (χ0) is 15.1. The zero-order valence-electron chi connectivity index (χ0n) is 10.2. The van der Waals surface area contributed by atoms with Gasteiger partial charge in [-0.05, 0) is 6.07 Å². The fourth-order valence-corrected chi connectivity index (χ4v) is 1.25. The molecule has 0 radical (unpaired) electrons. The number of anilines is 1. The number of para-hydroxylation sites is 2. The molecule has 8 nitrogen and oxygen atoms in total. The molecule has 0 unspecified atom stereocenters. The minimum atomic E-state index is -0.644. The van der Waals surface area contributed by atoms with Gasteiger partial charge in [0.25, 0.3) is 11.4 Å². The lowest BCUT2D eigenvalue weighted by atomic mass is 10.2. The molecule has 0 spiro atoms. The molecular formula is C12H11N3O5. The number of rotatable bonds is 2. The number of nitrogen functional groups attached to an aromatic ring is 1. The van der Waals surface area contributed by atoms with E-state index >= 15 is 0 Å². The van der Waals surface area contributed by atoms with E-state index in [9.17, 15) is 20.2 Å². The Bertz CT molecular complexity index is 616. The lowest BCUT2D eigenvalue weighted by Gasteiger charge is -1.97. The molecule has 20 heavy (non-hydrogen) atoms. The number of benzene rings is 2. The van der Waals surface area contributed by atoms with Gasteiger partial charge in [-0.2, -0.15) is 0 Å². The van der Waals surface area contributed by atoms with E-state index in [2.05, 4.69) is 0 Å². The first kappa shape index (κ1) is 14.9. The third-order valence-electron chi connectivity index (χ3n) is 2.22. The van der Waals surface area contributed by atoms with Crippen LogP contribution in [0.2, 0.25) is 0 Å². The summed E-state index contributed by atoms with van der Waals surface area (Å²) in [6.45, 7) is 0. The van der Waals surface area contributed by atoms with Crippen LogP contribution in [0.25, 0.3) is 0 Å². The van der Waals surface area contributed by atoms with Gasteiger partial charge in [0.05, 0.1) is 9.85 Å². The molecule has 0 bridgehead atoms. The predicted octanol–water partition coefficient (Wildman–Crippen LogP) is 2.48. The van der Waals surface area contributed by atoms with Gasteiger partial charge in [0.1, 0.15) is 5.75 Å². The van der Waals surface area contributed by atoms with Crippen molar-refractivity contribution in [3.63, 3.8) is 0 Å². The van der Waals surface area contributed by atoms with Gasteiger partial charge in [-0.3, -0.25) is 20.2 Å². The van der Waals surface area contributed by atoms with Gasteiger partial charge < -0.3 is 10.8 Å². The zero-order valence-corrected chi connectivity index (χ0v) is 10.2. The largest absolute Gasteiger partial charge is 0.506 e. The van der Waals surface area contributed by atoms with E-state index in [-0.39, 0.29) is 22.8 Å². The summed E-state index contributed by atoms with van der Waals surface area (Å²) in [5.74, 6) is -0.265. The third kappa shape index (κ3) is 3.95. The summed E-state index contributed by atoms with van der Waals surface area (Å²) in [5.41, 5.74) is 4.86. The number of hydrogen-bond donors (Lipinski definition) is 2. The third-order valence-corrected chi connectivity index (χ3v) is 2.22. The Hall–Kier alpha value is -3.16. The Labute approximate surface area is 113 Å². The Morgan fingerprint density at radius 2 is 1.50 bits per heavy atom. The molecule has 0 atom stereocenters. The topological polar surface area (TPSA) is 133 Å². The number of nitrogens with two attached hydrogens (primary N) is 1. The second-order valence-corrected chi connectivity index (χ2v) is 3.56. The molecule has 2 aromatic carbocycles. The van der Waals surface area contributed by atoms with Gasteiger partial charge in [0, 0.05) is 18.2 Å². The minimum Gasteiger partial charge on any atom is -0.506 e. The first-order chi connectivity index (χ1) is 9.43. The quantitative estimate of drug-likeness (QED) is 0.375. The minimum absolute atomic E-state index is 0.137. The van der Waals surface area contributed by atoms with Crippen LogP contribution < -0.4 is 5.73 Å². The molecule has 0 aliphatic carbocycles. The number of nitro groups is 2. The molecular weight excluding hydrogens is 266 g/mol. The number of aromatic hydroxyl groups is 1. The van der Waals surface area contributed by atoms with Crippen molar-refractivity contribution in [1.82, 2.24) is 0 Å².